The summed E-state index contributed by atoms with van der Waals surface area (Å²) in [7, 11) is 1.37. The zero-order chi connectivity index (χ0) is 14.7. The number of carbonyl (C=O) groups is 1. The summed E-state index contributed by atoms with van der Waals surface area (Å²) in [5.74, 6) is -1.55. The van der Waals surface area contributed by atoms with Crippen LogP contribution in [-0.4, -0.2) is 28.0 Å². The number of H-pyrrole nitrogens is 1. The molecule has 1 amide bonds. The van der Waals surface area contributed by atoms with Crippen LogP contribution in [0.25, 0.3) is 0 Å². The highest BCUT2D eigenvalue weighted by Crippen LogP contribution is 2.11. The van der Waals surface area contributed by atoms with Gasteiger partial charge in [0.15, 0.2) is 5.69 Å². The topological polar surface area (TPSA) is 95.1 Å². The number of hydrogen-bond acceptors (Lipinski definition) is 4. The van der Waals surface area contributed by atoms with Gasteiger partial charge in [0.05, 0.1) is 0 Å². The van der Waals surface area contributed by atoms with E-state index in [1.54, 1.807) is 12.1 Å². The molecule has 0 aliphatic heterocycles. The van der Waals surface area contributed by atoms with Gasteiger partial charge in [-0.25, -0.2) is 9.37 Å². The SMILES string of the molecule is CNC(=O)c1nc(Cc2ccc(F)cc2)[nH]c(=O)c1O. The molecular formula is C13H12FN3O3. The molecule has 1 aromatic carbocycles. The van der Waals surface area contributed by atoms with Gasteiger partial charge in [-0.15, -0.1) is 0 Å². The van der Waals surface area contributed by atoms with Crippen LogP contribution in [0.15, 0.2) is 29.1 Å². The number of rotatable bonds is 3. The Morgan fingerprint density at radius 3 is 2.65 bits per heavy atom. The van der Waals surface area contributed by atoms with Gasteiger partial charge in [-0.1, -0.05) is 12.1 Å². The molecule has 1 heterocycles. The second-order valence-corrected chi connectivity index (χ2v) is 4.09. The van der Waals surface area contributed by atoms with Crippen LogP contribution in [-0.2, 0) is 6.42 Å². The van der Waals surface area contributed by atoms with Crippen LogP contribution in [0.3, 0.4) is 0 Å². The summed E-state index contributed by atoms with van der Waals surface area (Å²) in [6.07, 6.45) is 0.208. The van der Waals surface area contributed by atoms with E-state index in [1.807, 2.05) is 0 Å². The lowest BCUT2D eigenvalue weighted by atomic mass is 10.1. The maximum absolute atomic E-state index is 12.8. The number of halogens is 1. The van der Waals surface area contributed by atoms with E-state index < -0.39 is 17.2 Å². The quantitative estimate of drug-likeness (QED) is 0.764. The maximum atomic E-state index is 12.8. The number of nitrogens with one attached hydrogen (secondary N) is 2. The van der Waals surface area contributed by atoms with E-state index in [1.165, 1.54) is 19.2 Å². The highest BCUT2D eigenvalue weighted by molar-refractivity contribution is 5.94. The Morgan fingerprint density at radius 2 is 2.05 bits per heavy atom. The largest absolute Gasteiger partial charge is 0.501 e. The first kappa shape index (κ1) is 13.7. The third-order valence-electron chi connectivity index (χ3n) is 2.67. The minimum atomic E-state index is -0.796. The van der Waals surface area contributed by atoms with Crippen molar-refractivity contribution in [2.45, 2.75) is 6.42 Å². The normalized spacial score (nSPS) is 10.3. The number of benzene rings is 1. The van der Waals surface area contributed by atoms with E-state index in [4.69, 9.17) is 0 Å². The van der Waals surface area contributed by atoms with Gasteiger partial charge >= 0.3 is 0 Å². The molecule has 2 rings (SSSR count). The fourth-order valence-corrected chi connectivity index (χ4v) is 1.67. The van der Waals surface area contributed by atoms with Crippen LogP contribution >= 0.6 is 0 Å². The van der Waals surface area contributed by atoms with Crippen molar-refractivity contribution in [3.8, 4) is 5.75 Å². The Hall–Kier alpha value is -2.70. The first-order valence-electron chi connectivity index (χ1n) is 5.80. The van der Waals surface area contributed by atoms with Crippen LogP contribution < -0.4 is 10.9 Å². The maximum Gasteiger partial charge on any atom is 0.293 e. The average Bonchev–Trinajstić information content (AvgIpc) is 2.44. The molecule has 20 heavy (non-hydrogen) atoms. The summed E-state index contributed by atoms with van der Waals surface area (Å²) in [4.78, 5) is 29.3. The number of amides is 1. The van der Waals surface area contributed by atoms with Crippen molar-refractivity contribution < 1.29 is 14.3 Å². The molecule has 1 aromatic heterocycles. The lowest BCUT2D eigenvalue weighted by Gasteiger charge is -2.05. The van der Waals surface area contributed by atoms with Crippen LogP contribution in [0, 0.1) is 5.82 Å². The Bertz CT molecular complexity index is 695. The van der Waals surface area contributed by atoms with Gasteiger partial charge in [-0.05, 0) is 17.7 Å². The summed E-state index contributed by atoms with van der Waals surface area (Å²) >= 11 is 0. The molecule has 0 unspecified atom stereocenters. The van der Waals surface area contributed by atoms with Crippen molar-refractivity contribution in [3.05, 3.63) is 57.5 Å². The van der Waals surface area contributed by atoms with Crippen LogP contribution in [0.1, 0.15) is 21.9 Å². The lowest BCUT2D eigenvalue weighted by molar-refractivity contribution is 0.0954. The van der Waals surface area contributed by atoms with Gasteiger partial charge in [-0.2, -0.15) is 0 Å². The molecule has 104 valence electrons. The minimum Gasteiger partial charge on any atom is -0.501 e. The zero-order valence-electron chi connectivity index (χ0n) is 10.6. The Labute approximate surface area is 113 Å². The number of aromatic hydroxyl groups is 1. The summed E-state index contributed by atoms with van der Waals surface area (Å²) in [6.45, 7) is 0. The summed E-state index contributed by atoms with van der Waals surface area (Å²) in [5.41, 5.74) is -0.424. The molecular weight excluding hydrogens is 265 g/mol. The smallest absolute Gasteiger partial charge is 0.293 e. The number of carbonyl (C=O) groups excluding carboxylic acids is 1. The van der Waals surface area contributed by atoms with E-state index in [2.05, 4.69) is 15.3 Å². The number of aromatic amines is 1. The van der Waals surface area contributed by atoms with Gasteiger partial charge in [0.1, 0.15) is 11.6 Å². The molecule has 6 nitrogen and oxygen atoms in total. The average molecular weight is 277 g/mol. The van der Waals surface area contributed by atoms with Gasteiger partial charge < -0.3 is 15.4 Å². The fraction of sp³-hybridized carbons (Fsp3) is 0.154. The lowest BCUT2D eigenvalue weighted by Crippen LogP contribution is -2.24. The second-order valence-electron chi connectivity index (χ2n) is 4.09. The molecule has 7 heteroatoms. The fourth-order valence-electron chi connectivity index (χ4n) is 1.67. The Balaban J connectivity index is 2.38. The van der Waals surface area contributed by atoms with Crippen LogP contribution in [0.5, 0.6) is 5.75 Å². The molecule has 0 fully saturated rings. The highest BCUT2D eigenvalue weighted by atomic mass is 19.1. The molecule has 0 aliphatic rings. The molecule has 2 aromatic rings. The first-order chi connectivity index (χ1) is 9.51. The van der Waals surface area contributed by atoms with Gasteiger partial charge in [-0.3, -0.25) is 9.59 Å². The number of aromatic nitrogens is 2. The monoisotopic (exact) mass is 277 g/mol. The zero-order valence-corrected chi connectivity index (χ0v) is 10.6. The number of hydrogen-bond donors (Lipinski definition) is 3. The molecule has 3 N–H and O–H groups in total. The van der Waals surface area contributed by atoms with Crippen molar-refractivity contribution in [1.29, 1.82) is 0 Å². The van der Waals surface area contributed by atoms with E-state index in [9.17, 15) is 19.1 Å². The van der Waals surface area contributed by atoms with Crippen molar-refractivity contribution >= 4 is 5.91 Å². The van der Waals surface area contributed by atoms with Crippen LogP contribution in [0.2, 0.25) is 0 Å². The predicted octanol–water partition coefficient (Wildman–Crippen LogP) is 0.565. The molecule has 0 radical (unpaired) electrons. The highest BCUT2D eigenvalue weighted by Gasteiger charge is 2.16. The van der Waals surface area contributed by atoms with Crippen molar-refractivity contribution in [3.63, 3.8) is 0 Å². The molecule has 0 saturated carbocycles. The summed E-state index contributed by atoms with van der Waals surface area (Å²) in [5, 5.41) is 11.8. The third-order valence-corrected chi connectivity index (χ3v) is 2.67. The Morgan fingerprint density at radius 1 is 1.40 bits per heavy atom. The van der Waals surface area contributed by atoms with E-state index >= 15 is 0 Å². The van der Waals surface area contributed by atoms with Crippen molar-refractivity contribution in [2.75, 3.05) is 7.05 Å². The summed E-state index contributed by atoms with van der Waals surface area (Å²) in [6, 6.07) is 5.66. The van der Waals surface area contributed by atoms with E-state index in [0.29, 0.717) is 5.56 Å². The van der Waals surface area contributed by atoms with E-state index in [0.717, 1.165) is 0 Å². The summed E-state index contributed by atoms with van der Waals surface area (Å²) < 4.78 is 12.8. The molecule has 0 bridgehead atoms. The molecule has 0 atom stereocenters. The van der Waals surface area contributed by atoms with Crippen LogP contribution in [0.4, 0.5) is 4.39 Å². The molecule has 0 aliphatic carbocycles. The number of nitrogens with zero attached hydrogens (tertiary/aromatic N) is 1. The minimum absolute atomic E-state index is 0.206. The van der Waals surface area contributed by atoms with Gasteiger partial charge in [0, 0.05) is 13.5 Å². The standard InChI is InChI=1S/C13H12FN3O3/c1-15-12(19)10-11(18)13(20)17-9(16-10)6-7-2-4-8(14)5-3-7/h2-5,18H,6H2,1H3,(H,15,19)(H,16,17,20). The van der Waals surface area contributed by atoms with Gasteiger partial charge in [0.25, 0.3) is 11.5 Å². The molecule has 0 saturated heterocycles. The second kappa shape index (κ2) is 5.52. The van der Waals surface area contributed by atoms with Gasteiger partial charge in [0.2, 0.25) is 5.75 Å². The Kier molecular flexibility index (Phi) is 3.79. The van der Waals surface area contributed by atoms with Crippen molar-refractivity contribution in [2.24, 2.45) is 0 Å². The predicted molar refractivity (Wildman–Crippen MR) is 69.1 cm³/mol. The third kappa shape index (κ3) is 2.82. The van der Waals surface area contributed by atoms with E-state index in [-0.39, 0.29) is 23.8 Å². The molecule has 0 spiro atoms. The van der Waals surface area contributed by atoms with Crippen molar-refractivity contribution in [1.82, 2.24) is 15.3 Å². The first-order valence-corrected chi connectivity index (χ1v) is 5.80.